The van der Waals surface area contributed by atoms with Crippen LogP contribution in [0.25, 0.3) is 0 Å². The van der Waals surface area contributed by atoms with Gasteiger partial charge in [-0.05, 0) is 17.7 Å². The summed E-state index contributed by atoms with van der Waals surface area (Å²) >= 11 is 0. The number of nitrogens with zero attached hydrogens (tertiary/aromatic N) is 4. The van der Waals surface area contributed by atoms with Crippen molar-refractivity contribution in [1.82, 2.24) is 14.5 Å². The molecule has 1 aliphatic rings. The third kappa shape index (κ3) is 3.26. The average Bonchev–Trinajstić information content (AvgIpc) is 3.24. The van der Waals surface area contributed by atoms with Crippen molar-refractivity contribution in [3.8, 4) is 0 Å². The molecule has 1 aliphatic heterocycles. The average molecular weight is 332 g/mol. The Hall–Kier alpha value is -3.08. The van der Waals surface area contributed by atoms with Crippen LogP contribution in [0.5, 0.6) is 0 Å². The molecule has 0 atom stereocenters. The molecule has 2 aromatic carbocycles. The van der Waals surface area contributed by atoms with Crippen LogP contribution in [0.15, 0.2) is 73.2 Å². The Morgan fingerprint density at radius 3 is 2.36 bits per heavy atom. The van der Waals surface area contributed by atoms with Crippen molar-refractivity contribution >= 4 is 11.7 Å². The molecule has 1 aromatic heterocycles. The molecular formula is C20H20N4O. The first-order valence-electron chi connectivity index (χ1n) is 8.46. The van der Waals surface area contributed by atoms with Crippen LogP contribution in [0.2, 0.25) is 0 Å². The minimum atomic E-state index is 0.0543. The quantitative estimate of drug-likeness (QED) is 0.719. The maximum absolute atomic E-state index is 12.7. The summed E-state index contributed by atoms with van der Waals surface area (Å²) in [5.41, 5.74) is 3.22. The number of rotatable bonds is 5. The van der Waals surface area contributed by atoms with Crippen LogP contribution in [0.1, 0.15) is 11.3 Å². The van der Waals surface area contributed by atoms with E-state index in [9.17, 15) is 4.79 Å². The summed E-state index contributed by atoms with van der Waals surface area (Å²) in [7, 11) is 0. The van der Waals surface area contributed by atoms with Gasteiger partial charge in [0.05, 0.1) is 18.6 Å². The predicted octanol–water partition coefficient (Wildman–Crippen LogP) is 3.37. The number of benzene rings is 2. The molecule has 0 N–H and O–H groups in total. The molecule has 0 aliphatic carbocycles. The zero-order valence-corrected chi connectivity index (χ0v) is 14.0. The van der Waals surface area contributed by atoms with Crippen molar-refractivity contribution < 1.29 is 4.79 Å². The molecule has 5 nitrogen and oxygen atoms in total. The van der Waals surface area contributed by atoms with Gasteiger partial charge in [-0.3, -0.25) is 4.90 Å². The van der Waals surface area contributed by atoms with Crippen LogP contribution in [0.4, 0.5) is 10.5 Å². The highest BCUT2D eigenvalue weighted by Crippen LogP contribution is 2.21. The van der Waals surface area contributed by atoms with E-state index < -0.39 is 0 Å². The van der Waals surface area contributed by atoms with E-state index in [0.717, 1.165) is 31.0 Å². The molecule has 2 heterocycles. The number of para-hydroxylation sites is 1. The minimum Gasteiger partial charge on any atom is -0.329 e. The summed E-state index contributed by atoms with van der Waals surface area (Å²) in [5.74, 6) is 0. The molecule has 1 fully saturated rings. The number of carbonyl (C=O) groups excluding carboxylic acids is 1. The first-order valence-corrected chi connectivity index (χ1v) is 8.46. The molecule has 5 heteroatoms. The third-order valence-electron chi connectivity index (χ3n) is 4.51. The minimum absolute atomic E-state index is 0.0543. The van der Waals surface area contributed by atoms with E-state index in [4.69, 9.17) is 0 Å². The lowest BCUT2D eigenvalue weighted by Crippen LogP contribution is -2.32. The molecule has 2 amide bonds. The summed E-state index contributed by atoms with van der Waals surface area (Å²) in [4.78, 5) is 20.7. The fraction of sp³-hybridized carbons (Fsp3) is 0.200. The van der Waals surface area contributed by atoms with Crippen LogP contribution in [0, 0.1) is 0 Å². The zero-order chi connectivity index (χ0) is 17.1. The largest absolute Gasteiger partial charge is 0.329 e. The molecular weight excluding hydrogens is 312 g/mol. The van der Waals surface area contributed by atoms with Gasteiger partial charge < -0.3 is 9.47 Å². The first-order chi connectivity index (χ1) is 12.3. The lowest BCUT2D eigenvalue weighted by Gasteiger charge is -2.19. The Balaban J connectivity index is 1.47. The predicted molar refractivity (Wildman–Crippen MR) is 97.4 cm³/mol. The SMILES string of the molecule is O=C1N(Cc2cncn2Cc2ccccc2)CCN1c1ccccc1. The number of hydrogen-bond acceptors (Lipinski definition) is 2. The highest BCUT2D eigenvalue weighted by molar-refractivity contribution is 5.94. The lowest BCUT2D eigenvalue weighted by atomic mass is 10.2. The highest BCUT2D eigenvalue weighted by atomic mass is 16.2. The van der Waals surface area contributed by atoms with E-state index >= 15 is 0 Å². The monoisotopic (exact) mass is 332 g/mol. The normalized spacial score (nSPS) is 14.3. The first kappa shape index (κ1) is 15.4. The third-order valence-corrected chi connectivity index (χ3v) is 4.51. The summed E-state index contributed by atoms with van der Waals surface area (Å²) in [6, 6.07) is 20.2. The smallest absolute Gasteiger partial charge is 0.324 e. The van der Waals surface area contributed by atoms with E-state index in [1.54, 1.807) is 0 Å². The van der Waals surface area contributed by atoms with Crippen LogP contribution < -0.4 is 4.90 Å². The molecule has 3 aromatic rings. The fourth-order valence-electron chi connectivity index (χ4n) is 3.17. The lowest BCUT2D eigenvalue weighted by molar-refractivity contribution is 0.217. The Bertz CT molecular complexity index is 844. The molecule has 0 saturated carbocycles. The van der Waals surface area contributed by atoms with Crippen molar-refractivity contribution in [3.63, 3.8) is 0 Å². The standard InChI is InChI=1S/C20H20N4O/c25-20-22(11-12-24(20)18-9-5-2-6-10-18)15-19-13-21-16-23(19)14-17-7-3-1-4-8-17/h1-10,13,16H,11-12,14-15H2. The van der Waals surface area contributed by atoms with Crippen molar-refractivity contribution in [2.45, 2.75) is 13.1 Å². The zero-order valence-electron chi connectivity index (χ0n) is 14.0. The summed E-state index contributed by atoms with van der Waals surface area (Å²) in [5, 5.41) is 0. The van der Waals surface area contributed by atoms with Crippen LogP contribution in [-0.2, 0) is 13.1 Å². The van der Waals surface area contributed by atoms with Gasteiger partial charge >= 0.3 is 6.03 Å². The number of hydrogen-bond donors (Lipinski definition) is 0. The van der Waals surface area contributed by atoms with Crippen LogP contribution in [-0.4, -0.2) is 33.6 Å². The topological polar surface area (TPSA) is 41.4 Å². The summed E-state index contributed by atoms with van der Waals surface area (Å²) in [6.45, 7) is 2.79. The second-order valence-corrected chi connectivity index (χ2v) is 6.19. The maximum atomic E-state index is 12.7. The number of carbonyl (C=O) groups is 1. The van der Waals surface area contributed by atoms with Crippen LogP contribution >= 0.6 is 0 Å². The van der Waals surface area contributed by atoms with E-state index in [1.807, 2.05) is 70.9 Å². The van der Waals surface area contributed by atoms with Gasteiger partial charge in [0.1, 0.15) is 0 Å². The van der Waals surface area contributed by atoms with Gasteiger partial charge in [-0.25, -0.2) is 9.78 Å². The van der Waals surface area contributed by atoms with E-state index in [1.165, 1.54) is 5.56 Å². The number of urea groups is 1. The fourth-order valence-corrected chi connectivity index (χ4v) is 3.17. The highest BCUT2D eigenvalue weighted by Gasteiger charge is 2.29. The summed E-state index contributed by atoms with van der Waals surface area (Å²) < 4.78 is 2.10. The van der Waals surface area contributed by atoms with E-state index in [2.05, 4.69) is 21.7 Å². The van der Waals surface area contributed by atoms with Gasteiger partial charge in [-0.15, -0.1) is 0 Å². The Morgan fingerprint density at radius 2 is 1.60 bits per heavy atom. The van der Waals surface area contributed by atoms with Crippen molar-refractivity contribution in [2.24, 2.45) is 0 Å². The molecule has 0 radical (unpaired) electrons. The molecule has 25 heavy (non-hydrogen) atoms. The number of aromatic nitrogens is 2. The van der Waals surface area contributed by atoms with Crippen molar-refractivity contribution in [1.29, 1.82) is 0 Å². The van der Waals surface area contributed by atoms with Gasteiger partial charge in [0.15, 0.2) is 0 Å². The van der Waals surface area contributed by atoms with Crippen molar-refractivity contribution in [3.05, 3.63) is 84.4 Å². The van der Waals surface area contributed by atoms with E-state index in [0.29, 0.717) is 6.54 Å². The number of imidazole rings is 1. The molecule has 0 unspecified atom stereocenters. The Kier molecular flexibility index (Phi) is 4.21. The molecule has 4 rings (SSSR count). The van der Waals surface area contributed by atoms with Gasteiger partial charge in [-0.1, -0.05) is 48.5 Å². The molecule has 0 bridgehead atoms. The van der Waals surface area contributed by atoms with Gasteiger partial charge in [0, 0.05) is 31.5 Å². The molecule has 0 spiro atoms. The number of anilines is 1. The Morgan fingerprint density at radius 1 is 0.880 bits per heavy atom. The maximum Gasteiger partial charge on any atom is 0.324 e. The van der Waals surface area contributed by atoms with Gasteiger partial charge in [-0.2, -0.15) is 0 Å². The second kappa shape index (κ2) is 6.81. The van der Waals surface area contributed by atoms with Crippen molar-refractivity contribution in [2.75, 3.05) is 18.0 Å². The molecule has 126 valence electrons. The van der Waals surface area contributed by atoms with Crippen LogP contribution in [0.3, 0.4) is 0 Å². The van der Waals surface area contributed by atoms with Gasteiger partial charge in [0.2, 0.25) is 0 Å². The van der Waals surface area contributed by atoms with Gasteiger partial charge in [0.25, 0.3) is 0 Å². The summed E-state index contributed by atoms with van der Waals surface area (Å²) in [6.07, 6.45) is 3.68. The Labute approximate surface area is 147 Å². The molecule has 1 saturated heterocycles. The van der Waals surface area contributed by atoms with E-state index in [-0.39, 0.29) is 6.03 Å². The number of amides is 2. The second-order valence-electron chi connectivity index (χ2n) is 6.19.